The average molecular weight is 384 g/mol. The summed E-state index contributed by atoms with van der Waals surface area (Å²) < 4.78 is 0. The van der Waals surface area contributed by atoms with Gasteiger partial charge in [-0.25, -0.2) is 9.97 Å². The van der Waals surface area contributed by atoms with Crippen LogP contribution in [0.2, 0.25) is 0 Å². The fourth-order valence-corrected chi connectivity index (χ4v) is 1.47. The van der Waals surface area contributed by atoms with E-state index in [9.17, 15) is 19.8 Å². The van der Waals surface area contributed by atoms with E-state index >= 15 is 0 Å². The van der Waals surface area contributed by atoms with Crippen molar-refractivity contribution < 1.29 is 45.5 Å². The molecule has 11 nitrogen and oxygen atoms in total. The number of anilines is 2. The molecule has 0 saturated carbocycles. The van der Waals surface area contributed by atoms with E-state index in [2.05, 4.69) is 9.97 Å². The van der Waals surface area contributed by atoms with Crippen LogP contribution >= 0.6 is 0 Å². The number of hydrogen-bond acceptors (Lipinski definition) is 8. The third kappa shape index (κ3) is 11.8. The van der Waals surface area contributed by atoms with Crippen molar-refractivity contribution in [3.63, 3.8) is 0 Å². The van der Waals surface area contributed by atoms with Gasteiger partial charge in [0.1, 0.15) is 12.2 Å². The van der Waals surface area contributed by atoms with E-state index in [0.29, 0.717) is 11.6 Å². The van der Waals surface area contributed by atoms with Crippen molar-refractivity contribution in [2.75, 3.05) is 11.5 Å². The first-order chi connectivity index (χ1) is 12.0. The van der Waals surface area contributed by atoms with Crippen LogP contribution < -0.4 is 31.6 Å². The Hall–Kier alpha value is -3.28. The molecule has 0 fully saturated rings. The topological polar surface area (TPSA) is 233 Å². The molecule has 2 heterocycles. The van der Waals surface area contributed by atoms with Crippen LogP contribution in [-0.2, 0) is 9.59 Å². The van der Waals surface area contributed by atoms with Gasteiger partial charge in [0.2, 0.25) is 0 Å². The van der Waals surface area contributed by atoms with Crippen LogP contribution in [0.3, 0.4) is 0 Å². The molecule has 2 aromatic rings. The van der Waals surface area contributed by atoms with Crippen molar-refractivity contribution in [3.05, 3.63) is 47.8 Å². The molecule has 11 heteroatoms. The van der Waals surface area contributed by atoms with Gasteiger partial charge in [0.25, 0.3) is 11.6 Å². The van der Waals surface area contributed by atoms with E-state index in [1.807, 2.05) is 50.5 Å². The molecule has 2 aromatic heterocycles. The summed E-state index contributed by atoms with van der Waals surface area (Å²) in [6, 6.07) is 7.72. The van der Waals surface area contributed by atoms with Crippen molar-refractivity contribution in [3.8, 4) is 0 Å². The third-order valence-corrected chi connectivity index (χ3v) is 2.74. The minimum Gasteiger partial charge on any atom is -0.547 e. The second kappa shape index (κ2) is 13.0. The number of carbonyl (C=O) groups excluding carboxylic acids is 2. The van der Waals surface area contributed by atoms with Crippen LogP contribution in [0.5, 0.6) is 0 Å². The minimum absolute atomic E-state index is 0. The number of nitrogens with two attached hydrogens (primary N) is 2. The molecular formula is C16H24N4O7. The summed E-state index contributed by atoms with van der Waals surface area (Å²) >= 11 is 0. The lowest BCUT2D eigenvalue weighted by Gasteiger charge is -2.18. The highest BCUT2D eigenvalue weighted by molar-refractivity contribution is 5.80. The lowest BCUT2D eigenvalue weighted by Crippen LogP contribution is -2.51. The summed E-state index contributed by atoms with van der Waals surface area (Å²) in [5, 5.41) is 35.7. The van der Waals surface area contributed by atoms with Crippen molar-refractivity contribution in [2.45, 2.75) is 26.1 Å². The Morgan fingerprint density at radius 2 is 1.19 bits per heavy atom. The Labute approximate surface area is 155 Å². The van der Waals surface area contributed by atoms with Gasteiger partial charge in [-0.2, -0.15) is 0 Å². The first kappa shape index (κ1) is 26.0. The number of carboxylic acid groups (broad SMARTS) is 2. The van der Waals surface area contributed by atoms with E-state index in [-0.39, 0.29) is 5.48 Å². The summed E-state index contributed by atoms with van der Waals surface area (Å²) in [6.45, 7) is 4.01. The van der Waals surface area contributed by atoms with Crippen LogP contribution in [0, 0.1) is 13.8 Å². The fraction of sp³-hybridized carbons (Fsp3) is 0.250. The molecule has 0 amide bonds. The molecule has 0 aliphatic rings. The number of carbonyl (C=O) groups is 2. The molecule has 0 saturated heterocycles. The standard InChI is InChI=1S/2C6H8N2.C4H6O6.H2O/c2*1-5-2-3-8-6(7)4-5;5-1(3(7)8)2(6)4(9)10;/h2*2-4H,1H3,(H2,7,8);1-2,5-6H,(H,7,8)(H,9,10);1H2. The maximum atomic E-state index is 9.63. The maximum Gasteiger partial charge on any atom is 0.270 e. The quantitative estimate of drug-likeness (QED) is 0.399. The molecule has 2 rings (SSSR count). The van der Waals surface area contributed by atoms with Gasteiger partial charge in [-0.1, -0.05) is 0 Å². The number of aliphatic carboxylic acids is 2. The first-order valence-electron chi connectivity index (χ1n) is 7.30. The predicted octanol–water partition coefficient (Wildman–Crippen LogP) is -4.83. The minimum atomic E-state index is -2.44. The Morgan fingerprint density at radius 1 is 0.889 bits per heavy atom. The van der Waals surface area contributed by atoms with Gasteiger partial charge >= 0.3 is 0 Å². The highest BCUT2D eigenvalue weighted by Crippen LogP contribution is 1.95. The maximum absolute atomic E-state index is 9.63. The lowest BCUT2D eigenvalue weighted by atomic mass is 10.2. The van der Waals surface area contributed by atoms with Gasteiger partial charge in [-0.15, -0.1) is 0 Å². The van der Waals surface area contributed by atoms with E-state index in [0.717, 1.165) is 0 Å². The molecule has 0 aliphatic carbocycles. The predicted molar refractivity (Wildman–Crippen MR) is 89.9 cm³/mol. The molecule has 0 aliphatic heterocycles. The Bertz CT molecular complexity index is 631. The van der Waals surface area contributed by atoms with Crippen LogP contribution in [0.15, 0.2) is 36.7 Å². The van der Waals surface area contributed by atoms with Gasteiger partial charge < -0.3 is 35.5 Å². The van der Waals surface area contributed by atoms with Gasteiger partial charge in [-0.3, -0.25) is 11.5 Å². The average Bonchev–Trinajstić information content (AvgIpc) is 2.54. The van der Waals surface area contributed by atoms with E-state index < -0.39 is 24.1 Å². The van der Waals surface area contributed by atoms with Crippen molar-refractivity contribution >= 4 is 23.6 Å². The second-order valence-electron chi connectivity index (χ2n) is 5.17. The van der Waals surface area contributed by atoms with E-state index in [1.54, 1.807) is 0 Å². The highest BCUT2D eigenvalue weighted by atomic mass is 16.4. The number of rotatable bonds is 3. The Morgan fingerprint density at radius 3 is 1.33 bits per heavy atom. The van der Waals surface area contributed by atoms with Crippen molar-refractivity contribution in [2.24, 2.45) is 0 Å². The molecule has 150 valence electrons. The zero-order valence-corrected chi connectivity index (χ0v) is 14.8. The summed E-state index contributed by atoms with van der Waals surface area (Å²) in [5.41, 5.74) is 13.2. The van der Waals surface area contributed by atoms with Crippen molar-refractivity contribution in [1.29, 1.82) is 0 Å². The van der Waals surface area contributed by atoms with Crippen LogP contribution in [0.1, 0.15) is 11.1 Å². The van der Waals surface area contributed by atoms with E-state index in [1.165, 1.54) is 11.1 Å². The third-order valence-electron chi connectivity index (χ3n) is 2.74. The molecule has 0 spiro atoms. The molecule has 0 radical (unpaired) electrons. The number of nitrogens with one attached hydrogen (secondary N) is 2. The number of aromatic amines is 2. The number of aryl methyl sites for hydroxylation is 2. The number of H-pyrrole nitrogens is 2. The lowest BCUT2D eigenvalue weighted by molar-refractivity contribution is -0.360. The molecule has 2 atom stereocenters. The number of nitrogen functional groups attached to an aromatic ring is 2. The molecule has 10 N–H and O–H groups in total. The fourth-order valence-electron chi connectivity index (χ4n) is 1.47. The molecule has 27 heavy (non-hydrogen) atoms. The second-order valence-corrected chi connectivity index (χ2v) is 5.17. The summed E-state index contributed by atoms with van der Waals surface area (Å²) in [5.74, 6) is -2.69. The zero-order valence-electron chi connectivity index (χ0n) is 14.8. The van der Waals surface area contributed by atoms with Crippen LogP contribution in [0.4, 0.5) is 11.6 Å². The normalized spacial score (nSPS) is 11.3. The smallest absolute Gasteiger partial charge is 0.270 e. The van der Waals surface area contributed by atoms with E-state index in [4.69, 9.17) is 21.7 Å². The van der Waals surface area contributed by atoms with Gasteiger partial charge in [0.05, 0.1) is 24.3 Å². The van der Waals surface area contributed by atoms with Gasteiger partial charge in [-0.05, 0) is 37.1 Å². The number of aliphatic hydroxyl groups excluding tert-OH is 2. The summed E-state index contributed by atoms with van der Waals surface area (Å²) in [7, 11) is 0. The van der Waals surface area contributed by atoms with Crippen LogP contribution in [0.25, 0.3) is 0 Å². The largest absolute Gasteiger partial charge is 0.547 e. The van der Waals surface area contributed by atoms with Crippen LogP contribution in [-0.4, -0.2) is 39.8 Å². The molecule has 0 aromatic carbocycles. The summed E-state index contributed by atoms with van der Waals surface area (Å²) in [4.78, 5) is 25.0. The zero-order chi connectivity index (χ0) is 20.3. The SMILES string of the molecule is Cc1cc[nH+]c(N)c1.Cc1cc[nH+]c(N)c1.O.O=C([O-])C(O)C(O)C(=O)[O-]. The monoisotopic (exact) mass is 384 g/mol. The number of carboxylic acids is 2. The number of hydrogen-bond donors (Lipinski definition) is 4. The van der Waals surface area contributed by atoms with Gasteiger partial charge in [0.15, 0.2) is 0 Å². The highest BCUT2D eigenvalue weighted by Gasteiger charge is 2.17. The first-order valence-corrected chi connectivity index (χ1v) is 7.30. The van der Waals surface area contributed by atoms with Crippen molar-refractivity contribution in [1.82, 2.24) is 0 Å². The molecular weight excluding hydrogens is 360 g/mol. The number of aliphatic hydroxyl groups is 2. The summed E-state index contributed by atoms with van der Waals surface area (Å²) in [6.07, 6.45) is -1.23. The number of aromatic nitrogens is 2. The Kier molecular flexibility index (Phi) is 12.5. The Balaban J connectivity index is 0. The van der Waals surface area contributed by atoms with Gasteiger partial charge in [0, 0.05) is 12.1 Å². The molecule has 2 unspecified atom stereocenters. The number of pyridine rings is 2. The molecule has 0 bridgehead atoms.